The first-order chi connectivity index (χ1) is 11.1. The first-order valence-electron chi connectivity index (χ1n) is 8.14. The highest BCUT2D eigenvalue weighted by Gasteiger charge is 2.40. The average Bonchev–Trinajstić information content (AvgIpc) is 2.98. The number of piperidine rings is 3. The van der Waals surface area contributed by atoms with E-state index in [0.29, 0.717) is 28.6 Å². The summed E-state index contributed by atoms with van der Waals surface area (Å²) in [4.78, 5) is 15.1. The van der Waals surface area contributed by atoms with Crippen LogP contribution in [0.5, 0.6) is 0 Å². The van der Waals surface area contributed by atoms with Gasteiger partial charge in [-0.25, -0.2) is 4.79 Å². The molecule has 3 saturated heterocycles. The van der Waals surface area contributed by atoms with Crippen LogP contribution in [0.1, 0.15) is 30.4 Å². The zero-order chi connectivity index (χ0) is 16.0. The average molecular weight is 352 g/mol. The van der Waals surface area contributed by atoms with Gasteiger partial charge in [-0.3, -0.25) is 0 Å². The quantitative estimate of drug-likeness (QED) is 0.771. The fraction of sp³-hybridized carbons (Fsp3) is 0.500. The summed E-state index contributed by atoms with van der Waals surface area (Å²) in [6, 6.07) is 3.55. The molecule has 0 atom stereocenters. The summed E-state index contributed by atoms with van der Waals surface area (Å²) in [5.74, 6) is -0.254. The minimum Gasteiger partial charge on any atom is -0.461 e. The smallest absolute Gasteiger partial charge is 0.338 e. The summed E-state index contributed by atoms with van der Waals surface area (Å²) in [6.07, 6.45) is 5.97. The van der Waals surface area contributed by atoms with Gasteiger partial charge < -0.3 is 9.64 Å². The normalized spacial score (nSPS) is 28.4. The number of nitrogens with zero attached hydrogens (tertiary/aromatic N) is 1. The summed E-state index contributed by atoms with van der Waals surface area (Å²) < 4.78 is 5.71. The van der Waals surface area contributed by atoms with Crippen LogP contribution in [0.4, 0.5) is 0 Å². The van der Waals surface area contributed by atoms with Gasteiger partial charge in [-0.2, -0.15) is 0 Å². The first kappa shape index (κ1) is 15.5. The molecular weight excluding hydrogens is 333 g/mol. The third-order valence-electron chi connectivity index (χ3n) is 5.54. The largest absolute Gasteiger partial charge is 0.461 e. The van der Waals surface area contributed by atoms with E-state index in [1.807, 2.05) is 12.1 Å². The van der Waals surface area contributed by atoms with Crippen LogP contribution in [-0.4, -0.2) is 37.1 Å². The molecule has 3 heterocycles. The Morgan fingerprint density at radius 1 is 1.17 bits per heavy atom. The highest BCUT2D eigenvalue weighted by atomic mass is 35.5. The molecule has 3 fully saturated rings. The Hall–Kier alpha value is -1.03. The Morgan fingerprint density at radius 3 is 2.57 bits per heavy atom. The Bertz CT molecular complexity index is 677. The van der Waals surface area contributed by atoms with Crippen molar-refractivity contribution in [2.24, 2.45) is 5.41 Å². The van der Waals surface area contributed by atoms with Gasteiger partial charge in [0.15, 0.2) is 0 Å². The molecule has 2 bridgehead atoms. The summed E-state index contributed by atoms with van der Waals surface area (Å²) in [7, 11) is 0. The van der Waals surface area contributed by atoms with Crippen molar-refractivity contribution in [2.45, 2.75) is 25.7 Å². The van der Waals surface area contributed by atoms with Crippen LogP contribution in [0, 0.1) is 5.41 Å². The Morgan fingerprint density at radius 2 is 1.87 bits per heavy atom. The monoisotopic (exact) mass is 351 g/mol. The van der Waals surface area contributed by atoms with Crippen molar-refractivity contribution < 1.29 is 9.53 Å². The molecule has 1 aliphatic carbocycles. The van der Waals surface area contributed by atoms with Crippen LogP contribution < -0.4 is 0 Å². The molecule has 0 spiro atoms. The van der Waals surface area contributed by atoms with E-state index in [4.69, 9.17) is 27.9 Å². The number of halogens is 2. The maximum atomic E-state index is 12.6. The second-order valence-electron chi connectivity index (χ2n) is 6.91. The summed E-state index contributed by atoms with van der Waals surface area (Å²) in [6.45, 7) is 3.92. The zero-order valence-electron chi connectivity index (χ0n) is 12.9. The van der Waals surface area contributed by atoms with Gasteiger partial charge in [-0.05, 0) is 63.0 Å². The molecule has 0 radical (unpaired) electrons. The van der Waals surface area contributed by atoms with Gasteiger partial charge in [0.2, 0.25) is 0 Å². The number of benzene rings is 1. The molecule has 0 amide bonds. The van der Waals surface area contributed by atoms with E-state index in [2.05, 4.69) is 4.90 Å². The second-order valence-corrected chi connectivity index (χ2v) is 7.76. The number of fused-ring (bicyclic) bond motifs is 4. The van der Waals surface area contributed by atoms with Crippen LogP contribution in [0.2, 0.25) is 10.0 Å². The molecule has 4 aliphatic rings. The van der Waals surface area contributed by atoms with Gasteiger partial charge in [-0.15, -0.1) is 0 Å². The number of esters is 1. The number of ether oxygens (including phenoxy) is 1. The number of hydrogen-bond donors (Lipinski definition) is 0. The third-order valence-corrected chi connectivity index (χ3v) is 6.05. The number of carbonyl (C=O) groups is 1. The lowest BCUT2D eigenvalue weighted by atomic mass is 9.73. The van der Waals surface area contributed by atoms with Gasteiger partial charge in [0.1, 0.15) is 0 Å². The number of rotatable bonds is 3. The molecule has 5 rings (SSSR count). The minimum absolute atomic E-state index is 0.191. The van der Waals surface area contributed by atoms with E-state index in [-0.39, 0.29) is 11.4 Å². The van der Waals surface area contributed by atoms with Crippen molar-refractivity contribution in [2.75, 3.05) is 26.2 Å². The topological polar surface area (TPSA) is 29.5 Å². The van der Waals surface area contributed by atoms with E-state index in [0.717, 1.165) is 50.0 Å². The maximum absolute atomic E-state index is 12.6. The Kier molecular flexibility index (Phi) is 3.91. The molecule has 0 saturated carbocycles. The van der Waals surface area contributed by atoms with Crippen LogP contribution in [0.25, 0.3) is 5.57 Å². The predicted molar refractivity (Wildman–Crippen MR) is 91.8 cm³/mol. The van der Waals surface area contributed by atoms with Crippen molar-refractivity contribution in [3.05, 3.63) is 39.4 Å². The second kappa shape index (κ2) is 5.80. The highest BCUT2D eigenvalue weighted by molar-refractivity contribution is 6.37. The third kappa shape index (κ3) is 2.79. The predicted octanol–water partition coefficient (Wildman–Crippen LogP) is 3.96. The molecule has 1 aromatic rings. The van der Waals surface area contributed by atoms with Gasteiger partial charge in [0.05, 0.1) is 17.2 Å². The molecule has 3 nitrogen and oxygen atoms in total. The van der Waals surface area contributed by atoms with Crippen LogP contribution in [0.3, 0.4) is 0 Å². The van der Waals surface area contributed by atoms with Crippen molar-refractivity contribution in [3.63, 3.8) is 0 Å². The number of hydrogen-bond acceptors (Lipinski definition) is 3. The minimum atomic E-state index is -0.254. The molecule has 3 aliphatic heterocycles. The van der Waals surface area contributed by atoms with E-state index in [1.54, 1.807) is 6.07 Å². The van der Waals surface area contributed by atoms with E-state index >= 15 is 0 Å². The lowest BCUT2D eigenvalue weighted by Gasteiger charge is -2.47. The zero-order valence-corrected chi connectivity index (χ0v) is 14.4. The van der Waals surface area contributed by atoms with Crippen LogP contribution >= 0.6 is 23.2 Å². The van der Waals surface area contributed by atoms with Gasteiger partial charge >= 0.3 is 5.97 Å². The van der Waals surface area contributed by atoms with Crippen molar-refractivity contribution in [1.82, 2.24) is 4.90 Å². The van der Waals surface area contributed by atoms with E-state index in [1.165, 1.54) is 0 Å². The van der Waals surface area contributed by atoms with Crippen molar-refractivity contribution >= 4 is 34.7 Å². The molecule has 5 heteroatoms. The van der Waals surface area contributed by atoms with Crippen LogP contribution in [-0.2, 0) is 16.0 Å². The lowest BCUT2D eigenvalue weighted by Crippen LogP contribution is -2.50. The fourth-order valence-electron chi connectivity index (χ4n) is 4.00. The van der Waals surface area contributed by atoms with Crippen molar-refractivity contribution in [3.8, 4) is 0 Å². The molecule has 0 N–H and O–H groups in total. The molecule has 0 unspecified atom stereocenters. The fourth-order valence-corrected chi connectivity index (χ4v) is 4.64. The maximum Gasteiger partial charge on any atom is 0.338 e. The highest BCUT2D eigenvalue weighted by Crippen LogP contribution is 2.41. The molecule has 1 aromatic carbocycles. The molecule has 122 valence electrons. The summed E-state index contributed by atoms with van der Waals surface area (Å²) >= 11 is 12.3. The van der Waals surface area contributed by atoms with Gasteiger partial charge in [-0.1, -0.05) is 29.3 Å². The SMILES string of the molecule is O=C(OCC12CCN(CC1)CC2)C1=CCc2cc(Cl)cc(Cl)c21. The van der Waals surface area contributed by atoms with E-state index in [9.17, 15) is 4.79 Å². The van der Waals surface area contributed by atoms with Crippen molar-refractivity contribution in [1.29, 1.82) is 0 Å². The number of carbonyl (C=O) groups excluding carboxylic acids is 1. The summed E-state index contributed by atoms with van der Waals surface area (Å²) in [5.41, 5.74) is 2.57. The standard InChI is InChI=1S/C18H19Cl2NO2/c19-13-9-12-1-2-14(16(12)15(20)10-13)17(22)23-11-18-3-6-21(7-4-18)8-5-18/h2,9-10H,1,3-8,11H2. The van der Waals surface area contributed by atoms with Crippen LogP contribution in [0.15, 0.2) is 18.2 Å². The summed E-state index contributed by atoms with van der Waals surface area (Å²) in [5, 5.41) is 1.13. The van der Waals surface area contributed by atoms with E-state index < -0.39 is 0 Å². The first-order valence-corrected chi connectivity index (χ1v) is 8.90. The van der Waals surface area contributed by atoms with Gasteiger partial charge in [0, 0.05) is 16.0 Å². The van der Waals surface area contributed by atoms with Gasteiger partial charge in [0.25, 0.3) is 0 Å². The Labute approximate surface area is 146 Å². The lowest BCUT2D eigenvalue weighted by molar-refractivity contribution is -0.143. The Balaban J connectivity index is 1.47. The number of allylic oxidation sites excluding steroid dienone is 1. The molecule has 23 heavy (non-hydrogen) atoms. The molecular formula is C18H19Cl2NO2. The molecule has 0 aromatic heterocycles.